The molecule has 0 radical (unpaired) electrons. The van der Waals surface area contributed by atoms with Crippen LogP contribution < -0.4 is 10.1 Å². The molecule has 0 unspecified atom stereocenters. The summed E-state index contributed by atoms with van der Waals surface area (Å²) in [6, 6.07) is 8.42. The lowest BCUT2D eigenvalue weighted by Crippen LogP contribution is -2.43. The molecule has 9 heteroatoms. The van der Waals surface area contributed by atoms with Crippen LogP contribution in [0, 0.1) is 12.8 Å². The van der Waals surface area contributed by atoms with Crippen LogP contribution in [0.15, 0.2) is 39.7 Å². The summed E-state index contributed by atoms with van der Waals surface area (Å²) in [6.07, 6.45) is 2.03. The Morgan fingerprint density at radius 1 is 1.28 bits per heavy atom. The van der Waals surface area contributed by atoms with Gasteiger partial charge in [-0.1, -0.05) is 34.5 Å². The van der Waals surface area contributed by atoms with Gasteiger partial charge in [0, 0.05) is 23.2 Å². The van der Waals surface area contributed by atoms with E-state index >= 15 is 0 Å². The molecule has 32 heavy (non-hydrogen) atoms. The molecule has 1 atom stereocenters. The monoisotopic (exact) mass is 542 g/mol. The van der Waals surface area contributed by atoms with E-state index in [1.54, 1.807) is 6.07 Å². The van der Waals surface area contributed by atoms with Crippen molar-refractivity contribution in [3.63, 3.8) is 0 Å². The number of ether oxygens (including phenoxy) is 1. The summed E-state index contributed by atoms with van der Waals surface area (Å²) in [5.41, 5.74) is 2.81. The van der Waals surface area contributed by atoms with E-state index in [1.165, 1.54) is 16.4 Å². The van der Waals surface area contributed by atoms with Gasteiger partial charge in [-0.05, 0) is 74.6 Å². The SMILES string of the molecule is CCOc1ccc(S(=O)(=O)N2CCC[C@H](C(=O)Nc3c(C)cc(Br)cc3CC)C2)cc1Cl. The number of halogens is 2. The number of aryl methyl sites for hydroxylation is 2. The van der Waals surface area contributed by atoms with Crippen LogP contribution in [0.2, 0.25) is 5.02 Å². The molecule has 0 spiro atoms. The number of amides is 1. The maximum Gasteiger partial charge on any atom is 0.243 e. The van der Waals surface area contributed by atoms with Crippen molar-refractivity contribution < 1.29 is 17.9 Å². The number of nitrogens with zero attached hydrogens (tertiary/aromatic N) is 1. The Morgan fingerprint density at radius 2 is 2.03 bits per heavy atom. The minimum atomic E-state index is -3.78. The maximum atomic E-state index is 13.2. The molecule has 2 aromatic rings. The van der Waals surface area contributed by atoms with E-state index in [-0.39, 0.29) is 22.4 Å². The molecule has 3 rings (SSSR count). The third kappa shape index (κ3) is 5.47. The third-order valence-corrected chi connectivity index (χ3v) is 8.22. The summed E-state index contributed by atoms with van der Waals surface area (Å²) in [7, 11) is -3.78. The highest BCUT2D eigenvalue weighted by Crippen LogP contribution is 2.32. The average Bonchev–Trinajstić information content (AvgIpc) is 2.76. The number of sulfonamides is 1. The van der Waals surface area contributed by atoms with E-state index in [0.717, 1.165) is 27.7 Å². The predicted octanol–water partition coefficient (Wildman–Crippen LogP) is 5.41. The minimum absolute atomic E-state index is 0.101. The number of carbonyl (C=O) groups is 1. The molecular formula is C23H28BrClN2O4S. The minimum Gasteiger partial charge on any atom is -0.492 e. The molecule has 1 amide bonds. The van der Waals surface area contributed by atoms with Crippen LogP contribution in [-0.2, 0) is 21.2 Å². The smallest absolute Gasteiger partial charge is 0.243 e. The standard InChI is InChI=1S/C23H28BrClN2O4S/c1-4-16-12-18(24)11-15(3)22(16)26-23(28)17-7-6-10-27(14-17)32(29,30)19-8-9-21(31-5-2)20(25)13-19/h8-9,11-13,17H,4-7,10,14H2,1-3H3,(H,26,28)/t17-/m0/s1. The van der Waals surface area contributed by atoms with E-state index in [9.17, 15) is 13.2 Å². The van der Waals surface area contributed by atoms with Crippen LogP contribution >= 0.6 is 27.5 Å². The fourth-order valence-corrected chi connectivity index (χ4v) is 6.40. The first-order valence-corrected chi connectivity index (χ1v) is 13.3. The topological polar surface area (TPSA) is 75.7 Å². The van der Waals surface area contributed by atoms with Gasteiger partial charge in [-0.2, -0.15) is 4.31 Å². The molecule has 1 heterocycles. The molecule has 0 saturated carbocycles. The molecule has 1 aliphatic rings. The Morgan fingerprint density at radius 3 is 2.69 bits per heavy atom. The number of piperidine rings is 1. The molecule has 1 fully saturated rings. The highest BCUT2D eigenvalue weighted by atomic mass is 79.9. The van der Waals surface area contributed by atoms with Gasteiger partial charge in [0.05, 0.1) is 22.4 Å². The van der Waals surface area contributed by atoms with Crippen LogP contribution in [0.1, 0.15) is 37.8 Å². The second kappa shape index (κ2) is 10.5. The number of anilines is 1. The average molecular weight is 544 g/mol. The van der Waals surface area contributed by atoms with Gasteiger partial charge in [-0.3, -0.25) is 4.79 Å². The number of rotatable bonds is 7. The van der Waals surface area contributed by atoms with Crippen molar-refractivity contribution in [1.29, 1.82) is 0 Å². The Bertz CT molecular complexity index is 1110. The second-order valence-corrected chi connectivity index (χ2v) is 11.1. The zero-order valence-electron chi connectivity index (χ0n) is 18.5. The zero-order valence-corrected chi connectivity index (χ0v) is 21.6. The molecule has 2 aromatic carbocycles. The molecule has 0 aliphatic carbocycles. The lowest BCUT2D eigenvalue weighted by atomic mass is 9.98. The van der Waals surface area contributed by atoms with Crippen molar-refractivity contribution in [2.45, 2.75) is 44.9 Å². The first kappa shape index (κ1) is 25.0. The molecule has 1 saturated heterocycles. The van der Waals surface area contributed by atoms with E-state index in [4.69, 9.17) is 16.3 Å². The highest BCUT2D eigenvalue weighted by molar-refractivity contribution is 9.10. The van der Waals surface area contributed by atoms with Gasteiger partial charge in [0.1, 0.15) is 5.75 Å². The van der Waals surface area contributed by atoms with Crippen LogP contribution in [0.3, 0.4) is 0 Å². The summed E-state index contributed by atoms with van der Waals surface area (Å²) in [6.45, 7) is 6.76. The maximum absolute atomic E-state index is 13.2. The van der Waals surface area contributed by atoms with Crippen LogP contribution in [0.4, 0.5) is 5.69 Å². The summed E-state index contributed by atoms with van der Waals surface area (Å²) >= 11 is 9.70. The molecule has 0 bridgehead atoms. The fourth-order valence-electron chi connectivity index (χ4n) is 3.93. The van der Waals surface area contributed by atoms with Crippen molar-refractivity contribution in [3.8, 4) is 5.75 Å². The highest BCUT2D eigenvalue weighted by Gasteiger charge is 2.34. The summed E-state index contributed by atoms with van der Waals surface area (Å²) in [4.78, 5) is 13.2. The lowest BCUT2D eigenvalue weighted by molar-refractivity contribution is -0.120. The zero-order chi connectivity index (χ0) is 23.5. The van der Waals surface area contributed by atoms with E-state index in [2.05, 4.69) is 21.2 Å². The third-order valence-electron chi connectivity index (χ3n) is 5.61. The van der Waals surface area contributed by atoms with Crippen molar-refractivity contribution in [3.05, 3.63) is 51.0 Å². The molecular weight excluding hydrogens is 516 g/mol. The number of carbonyl (C=O) groups excluding carboxylic acids is 1. The second-order valence-electron chi connectivity index (χ2n) is 7.83. The quantitative estimate of drug-likeness (QED) is 0.507. The van der Waals surface area contributed by atoms with Crippen molar-refractivity contribution in [2.75, 3.05) is 25.0 Å². The Balaban J connectivity index is 1.78. The molecule has 6 nitrogen and oxygen atoms in total. The Hall–Kier alpha value is -1.61. The van der Waals surface area contributed by atoms with E-state index in [0.29, 0.717) is 31.7 Å². The summed E-state index contributed by atoms with van der Waals surface area (Å²) in [5.74, 6) is -0.139. The van der Waals surface area contributed by atoms with E-state index < -0.39 is 15.9 Å². The van der Waals surface area contributed by atoms with Crippen molar-refractivity contribution in [2.24, 2.45) is 5.92 Å². The largest absolute Gasteiger partial charge is 0.492 e. The lowest BCUT2D eigenvalue weighted by Gasteiger charge is -2.31. The fraction of sp³-hybridized carbons (Fsp3) is 0.435. The normalized spacial score (nSPS) is 17.2. The van der Waals surface area contributed by atoms with Gasteiger partial charge in [0.2, 0.25) is 15.9 Å². The van der Waals surface area contributed by atoms with Crippen molar-refractivity contribution in [1.82, 2.24) is 4.31 Å². The first-order chi connectivity index (χ1) is 15.2. The Kier molecular flexibility index (Phi) is 8.25. The molecule has 1 N–H and O–H groups in total. The molecule has 174 valence electrons. The predicted molar refractivity (Wildman–Crippen MR) is 131 cm³/mol. The van der Waals surface area contributed by atoms with Crippen LogP contribution in [0.25, 0.3) is 0 Å². The summed E-state index contributed by atoms with van der Waals surface area (Å²) in [5, 5.41) is 3.30. The molecule has 0 aromatic heterocycles. The van der Waals surface area contributed by atoms with Crippen LogP contribution in [-0.4, -0.2) is 38.3 Å². The van der Waals surface area contributed by atoms with Gasteiger partial charge < -0.3 is 10.1 Å². The van der Waals surface area contributed by atoms with Gasteiger partial charge in [-0.25, -0.2) is 8.42 Å². The number of nitrogens with one attached hydrogen (secondary N) is 1. The van der Waals surface area contributed by atoms with Crippen molar-refractivity contribution >= 4 is 49.1 Å². The first-order valence-electron chi connectivity index (χ1n) is 10.7. The van der Waals surface area contributed by atoms with Gasteiger partial charge in [0.15, 0.2) is 0 Å². The van der Waals surface area contributed by atoms with Crippen LogP contribution in [0.5, 0.6) is 5.75 Å². The van der Waals surface area contributed by atoms with Gasteiger partial charge in [-0.15, -0.1) is 0 Å². The van der Waals surface area contributed by atoms with E-state index in [1.807, 2.05) is 32.9 Å². The number of benzene rings is 2. The number of hydrogen-bond acceptors (Lipinski definition) is 4. The number of hydrogen-bond donors (Lipinski definition) is 1. The van der Waals surface area contributed by atoms with Gasteiger partial charge in [0.25, 0.3) is 0 Å². The van der Waals surface area contributed by atoms with Gasteiger partial charge >= 0.3 is 0 Å². The Labute approximate surface area is 203 Å². The summed E-state index contributed by atoms with van der Waals surface area (Å²) < 4.78 is 34.2. The molecule has 1 aliphatic heterocycles.